The Kier molecular flexibility index (Phi) is 6.42. The molecule has 0 saturated carbocycles. The molecule has 0 radical (unpaired) electrons. The van der Waals surface area contributed by atoms with E-state index in [1.54, 1.807) is 30.3 Å². The lowest BCUT2D eigenvalue weighted by atomic mass is 9.82. The van der Waals surface area contributed by atoms with E-state index >= 15 is 0 Å². The summed E-state index contributed by atoms with van der Waals surface area (Å²) in [6, 6.07) is 16.6. The average Bonchev–Trinajstić information content (AvgIpc) is 2.73. The molecule has 2 atom stereocenters. The van der Waals surface area contributed by atoms with Gasteiger partial charge in [0, 0.05) is 22.5 Å². The number of hydrogen-bond acceptors (Lipinski definition) is 5. The van der Waals surface area contributed by atoms with E-state index in [-0.39, 0.29) is 10.7 Å². The number of halogens is 2. The molecule has 3 rings (SSSR count). The molecule has 0 amide bonds. The van der Waals surface area contributed by atoms with Gasteiger partial charge < -0.3 is 15.2 Å². The number of nitrogens with one attached hydrogen (secondary N) is 1. The summed E-state index contributed by atoms with van der Waals surface area (Å²) < 4.78 is 4.97. The number of rotatable bonds is 6. The van der Waals surface area contributed by atoms with E-state index in [4.69, 9.17) is 27.9 Å². The van der Waals surface area contributed by atoms with Crippen LogP contribution in [0.15, 0.2) is 66.9 Å². The standard InChI is InChI=1S/C22H20Cl2N2O3/c1-14-3-10-18(11-4-14)26-20(15-5-8-17(23)9-6-15)22(28,21(27)29-2)16-7-12-19(24)25-13-16/h3-13,20,26,28H,1-2H3/t20-,22-/m0/s1. The molecule has 0 unspecified atom stereocenters. The maximum Gasteiger partial charge on any atom is 0.345 e. The van der Waals surface area contributed by atoms with Gasteiger partial charge in [-0.05, 0) is 42.8 Å². The van der Waals surface area contributed by atoms with Crippen LogP contribution in [0, 0.1) is 6.92 Å². The van der Waals surface area contributed by atoms with Gasteiger partial charge in [-0.3, -0.25) is 0 Å². The Hall–Kier alpha value is -2.60. The summed E-state index contributed by atoms with van der Waals surface area (Å²) >= 11 is 11.9. The van der Waals surface area contributed by atoms with Crippen LogP contribution in [0.5, 0.6) is 0 Å². The second-order valence-corrected chi connectivity index (χ2v) is 7.45. The Morgan fingerprint density at radius 3 is 2.28 bits per heavy atom. The predicted octanol–water partition coefficient (Wildman–Crippen LogP) is 4.91. The third-order valence-corrected chi connectivity index (χ3v) is 5.12. The minimum atomic E-state index is -2.08. The van der Waals surface area contributed by atoms with Gasteiger partial charge in [-0.2, -0.15) is 0 Å². The number of aryl methyl sites for hydroxylation is 1. The van der Waals surface area contributed by atoms with E-state index in [0.717, 1.165) is 11.3 Å². The highest BCUT2D eigenvalue weighted by Gasteiger charge is 2.48. The Morgan fingerprint density at radius 1 is 1.07 bits per heavy atom. The lowest BCUT2D eigenvalue weighted by molar-refractivity contribution is -0.165. The molecule has 150 valence electrons. The summed E-state index contributed by atoms with van der Waals surface area (Å²) in [4.78, 5) is 16.9. The number of carbonyl (C=O) groups excluding carboxylic acids is 1. The Bertz CT molecular complexity index is 976. The van der Waals surface area contributed by atoms with Gasteiger partial charge in [0.1, 0.15) is 5.15 Å². The maximum atomic E-state index is 12.8. The van der Waals surface area contributed by atoms with Crippen molar-refractivity contribution in [2.24, 2.45) is 0 Å². The molecule has 2 N–H and O–H groups in total. The number of benzene rings is 2. The number of carbonyl (C=O) groups is 1. The molecule has 0 aliphatic heterocycles. The molecule has 0 fully saturated rings. The molecular weight excluding hydrogens is 411 g/mol. The maximum absolute atomic E-state index is 12.8. The third-order valence-electron chi connectivity index (χ3n) is 4.65. The topological polar surface area (TPSA) is 71.5 Å². The van der Waals surface area contributed by atoms with Gasteiger partial charge in [0.15, 0.2) is 0 Å². The summed E-state index contributed by atoms with van der Waals surface area (Å²) in [5, 5.41) is 15.7. The molecule has 0 aliphatic carbocycles. The van der Waals surface area contributed by atoms with E-state index in [9.17, 15) is 9.90 Å². The normalized spacial score (nSPS) is 14.0. The van der Waals surface area contributed by atoms with Gasteiger partial charge in [-0.25, -0.2) is 9.78 Å². The van der Waals surface area contributed by atoms with Crippen LogP contribution in [0.2, 0.25) is 10.2 Å². The van der Waals surface area contributed by atoms with Crippen molar-refractivity contribution >= 4 is 34.9 Å². The van der Waals surface area contributed by atoms with Crippen molar-refractivity contribution < 1.29 is 14.6 Å². The molecule has 1 aromatic heterocycles. The minimum Gasteiger partial charge on any atom is -0.467 e. The fourth-order valence-electron chi connectivity index (χ4n) is 3.06. The number of aromatic nitrogens is 1. The monoisotopic (exact) mass is 430 g/mol. The van der Waals surface area contributed by atoms with E-state index < -0.39 is 17.6 Å². The molecule has 7 heteroatoms. The van der Waals surface area contributed by atoms with Crippen LogP contribution in [0.25, 0.3) is 0 Å². The summed E-state index contributed by atoms with van der Waals surface area (Å²) in [5.74, 6) is -0.832. The fraction of sp³-hybridized carbons (Fsp3) is 0.182. The number of hydrogen-bond donors (Lipinski definition) is 2. The van der Waals surface area contributed by atoms with Crippen molar-refractivity contribution in [1.29, 1.82) is 0 Å². The highest BCUT2D eigenvalue weighted by Crippen LogP contribution is 2.39. The van der Waals surface area contributed by atoms with Gasteiger partial charge in [0.25, 0.3) is 0 Å². The largest absolute Gasteiger partial charge is 0.467 e. The number of esters is 1. The number of anilines is 1. The Labute approximate surface area is 179 Å². The van der Waals surface area contributed by atoms with Crippen molar-refractivity contribution in [2.45, 2.75) is 18.6 Å². The van der Waals surface area contributed by atoms with E-state index in [1.165, 1.54) is 19.4 Å². The van der Waals surface area contributed by atoms with Crippen molar-refractivity contribution in [3.05, 3.63) is 93.7 Å². The molecule has 0 bridgehead atoms. The highest BCUT2D eigenvalue weighted by atomic mass is 35.5. The lowest BCUT2D eigenvalue weighted by Gasteiger charge is -2.35. The summed E-state index contributed by atoms with van der Waals surface area (Å²) in [7, 11) is 1.22. The molecule has 29 heavy (non-hydrogen) atoms. The first-order valence-electron chi connectivity index (χ1n) is 8.86. The predicted molar refractivity (Wildman–Crippen MR) is 114 cm³/mol. The first-order chi connectivity index (χ1) is 13.8. The van der Waals surface area contributed by atoms with Crippen LogP contribution in [-0.2, 0) is 15.1 Å². The molecular formula is C22H20Cl2N2O3. The number of ether oxygens (including phenoxy) is 1. The fourth-order valence-corrected chi connectivity index (χ4v) is 3.30. The number of methoxy groups -OCH3 is 1. The van der Waals surface area contributed by atoms with Gasteiger partial charge in [-0.1, -0.05) is 59.1 Å². The van der Waals surface area contributed by atoms with Gasteiger partial charge >= 0.3 is 5.97 Å². The van der Waals surface area contributed by atoms with Gasteiger partial charge in [0.2, 0.25) is 5.60 Å². The van der Waals surface area contributed by atoms with Crippen molar-refractivity contribution in [3.8, 4) is 0 Å². The molecule has 2 aromatic carbocycles. The smallest absolute Gasteiger partial charge is 0.345 e. The van der Waals surface area contributed by atoms with E-state index in [2.05, 4.69) is 10.3 Å². The van der Waals surface area contributed by atoms with Crippen molar-refractivity contribution in [3.63, 3.8) is 0 Å². The van der Waals surface area contributed by atoms with Crippen molar-refractivity contribution in [2.75, 3.05) is 12.4 Å². The Morgan fingerprint density at radius 2 is 1.72 bits per heavy atom. The first kappa shape index (κ1) is 21.1. The molecule has 1 heterocycles. The van der Waals surface area contributed by atoms with Crippen LogP contribution in [0.1, 0.15) is 22.7 Å². The lowest BCUT2D eigenvalue weighted by Crippen LogP contribution is -2.45. The van der Waals surface area contributed by atoms with Crippen LogP contribution < -0.4 is 5.32 Å². The summed E-state index contributed by atoms with van der Waals surface area (Å²) in [5.41, 5.74) is 0.611. The molecule has 0 saturated heterocycles. The number of pyridine rings is 1. The third kappa shape index (κ3) is 4.53. The van der Waals surface area contributed by atoms with Crippen LogP contribution in [0.3, 0.4) is 0 Å². The summed E-state index contributed by atoms with van der Waals surface area (Å²) in [6.45, 7) is 1.98. The minimum absolute atomic E-state index is 0.244. The second kappa shape index (κ2) is 8.82. The SMILES string of the molecule is COC(=O)[C@](O)(c1ccc(Cl)nc1)[C@@H](Nc1ccc(C)cc1)c1ccc(Cl)cc1. The van der Waals surface area contributed by atoms with Crippen LogP contribution in [-0.4, -0.2) is 23.2 Å². The zero-order valence-electron chi connectivity index (χ0n) is 15.9. The second-order valence-electron chi connectivity index (χ2n) is 6.62. The zero-order valence-corrected chi connectivity index (χ0v) is 17.4. The quantitative estimate of drug-likeness (QED) is 0.429. The van der Waals surface area contributed by atoms with Gasteiger partial charge in [0.05, 0.1) is 13.2 Å². The van der Waals surface area contributed by atoms with Crippen LogP contribution >= 0.6 is 23.2 Å². The molecule has 0 spiro atoms. The molecule has 0 aliphatic rings. The van der Waals surface area contributed by atoms with Crippen molar-refractivity contribution in [1.82, 2.24) is 4.98 Å². The first-order valence-corrected chi connectivity index (χ1v) is 9.61. The number of aliphatic hydroxyl groups is 1. The Balaban J connectivity index is 2.16. The number of nitrogens with zero attached hydrogens (tertiary/aromatic N) is 1. The van der Waals surface area contributed by atoms with E-state index in [1.807, 2.05) is 31.2 Å². The summed E-state index contributed by atoms with van der Waals surface area (Å²) in [6.07, 6.45) is 1.36. The van der Waals surface area contributed by atoms with Crippen LogP contribution in [0.4, 0.5) is 5.69 Å². The molecule has 5 nitrogen and oxygen atoms in total. The highest BCUT2D eigenvalue weighted by molar-refractivity contribution is 6.30. The average molecular weight is 431 g/mol. The zero-order chi connectivity index (χ0) is 21.0. The van der Waals surface area contributed by atoms with Gasteiger partial charge in [-0.15, -0.1) is 0 Å². The molecule has 3 aromatic rings. The van der Waals surface area contributed by atoms with E-state index in [0.29, 0.717) is 10.6 Å².